The summed E-state index contributed by atoms with van der Waals surface area (Å²) in [6.45, 7) is 2.79. The van der Waals surface area contributed by atoms with Crippen LogP contribution in [-0.4, -0.2) is 48.7 Å². The van der Waals surface area contributed by atoms with Crippen LogP contribution in [0, 0.1) is 0 Å². The Labute approximate surface area is 83.6 Å². The molecule has 0 aromatic carbocycles. The maximum atomic E-state index is 10.0. The minimum Gasteiger partial charge on any atom is -0.480 e. The molecule has 1 unspecified atom stereocenters. The van der Waals surface area contributed by atoms with Crippen molar-refractivity contribution in [3.05, 3.63) is 0 Å². The van der Waals surface area contributed by atoms with Crippen LogP contribution in [0.1, 0.15) is 19.8 Å². The van der Waals surface area contributed by atoms with Gasteiger partial charge in [-0.3, -0.25) is 0 Å². The molecule has 0 aromatic heterocycles. The van der Waals surface area contributed by atoms with Gasteiger partial charge in [-0.05, 0) is 12.8 Å². The summed E-state index contributed by atoms with van der Waals surface area (Å²) in [4.78, 5) is 10.0. The Morgan fingerprint density at radius 2 is 2.00 bits per heavy atom. The molecule has 0 radical (unpaired) electrons. The van der Waals surface area contributed by atoms with Crippen molar-refractivity contribution in [3.63, 3.8) is 0 Å². The highest BCUT2D eigenvalue weighted by Gasteiger charge is 2.00. The lowest BCUT2D eigenvalue weighted by atomic mass is 10.3. The molecule has 0 saturated heterocycles. The zero-order valence-corrected chi connectivity index (χ0v) is 8.44. The topological polar surface area (TPSA) is 76.0 Å². The molecule has 0 amide bonds. The SMILES string of the molecule is CCC(O)COCCCOCC(=O)O. The second kappa shape index (κ2) is 8.93. The molecule has 84 valence electrons. The van der Waals surface area contributed by atoms with Gasteiger partial charge >= 0.3 is 5.97 Å². The van der Waals surface area contributed by atoms with Gasteiger partial charge in [0.15, 0.2) is 0 Å². The normalized spacial score (nSPS) is 12.7. The van der Waals surface area contributed by atoms with E-state index in [1.165, 1.54) is 0 Å². The van der Waals surface area contributed by atoms with Crippen LogP contribution >= 0.6 is 0 Å². The van der Waals surface area contributed by atoms with E-state index < -0.39 is 12.1 Å². The number of aliphatic hydroxyl groups excluding tert-OH is 1. The second-order valence-electron chi connectivity index (χ2n) is 2.94. The standard InChI is InChI=1S/C9H18O5/c1-2-8(10)6-13-4-3-5-14-7-9(11)12/h8,10H,2-7H2,1H3,(H,11,12). The second-order valence-corrected chi connectivity index (χ2v) is 2.94. The quantitative estimate of drug-likeness (QED) is 0.529. The fraction of sp³-hybridized carbons (Fsp3) is 0.889. The van der Waals surface area contributed by atoms with Crippen molar-refractivity contribution >= 4 is 5.97 Å². The molecule has 0 heterocycles. The van der Waals surface area contributed by atoms with Gasteiger partial charge < -0.3 is 19.7 Å². The Hall–Kier alpha value is -0.650. The number of carbonyl (C=O) groups is 1. The van der Waals surface area contributed by atoms with E-state index in [0.29, 0.717) is 32.7 Å². The van der Waals surface area contributed by atoms with Gasteiger partial charge in [0.25, 0.3) is 0 Å². The third-order valence-electron chi connectivity index (χ3n) is 1.58. The first-order valence-electron chi connectivity index (χ1n) is 4.72. The van der Waals surface area contributed by atoms with Crippen LogP contribution < -0.4 is 0 Å². The van der Waals surface area contributed by atoms with Crippen LogP contribution in [-0.2, 0) is 14.3 Å². The molecule has 0 bridgehead atoms. The predicted octanol–water partition coefficient (Wildman–Crippen LogP) is 0.265. The number of aliphatic hydroxyl groups is 1. The zero-order chi connectivity index (χ0) is 10.8. The largest absolute Gasteiger partial charge is 0.480 e. The first-order chi connectivity index (χ1) is 6.66. The number of carboxylic acids is 1. The third-order valence-corrected chi connectivity index (χ3v) is 1.58. The molecule has 0 rings (SSSR count). The minimum atomic E-state index is -0.965. The van der Waals surface area contributed by atoms with Crippen LogP contribution in [0.2, 0.25) is 0 Å². The number of hydrogen-bond donors (Lipinski definition) is 2. The highest BCUT2D eigenvalue weighted by Crippen LogP contribution is 1.92. The number of hydrogen-bond acceptors (Lipinski definition) is 4. The van der Waals surface area contributed by atoms with E-state index in [4.69, 9.17) is 19.7 Å². The average molecular weight is 206 g/mol. The van der Waals surface area contributed by atoms with Crippen molar-refractivity contribution in [3.8, 4) is 0 Å². The van der Waals surface area contributed by atoms with Crippen LogP contribution in [0.4, 0.5) is 0 Å². The molecule has 0 fully saturated rings. The van der Waals surface area contributed by atoms with Crippen molar-refractivity contribution in [2.45, 2.75) is 25.9 Å². The fourth-order valence-electron chi connectivity index (χ4n) is 0.760. The lowest BCUT2D eigenvalue weighted by molar-refractivity contribution is -0.142. The van der Waals surface area contributed by atoms with Gasteiger partial charge in [-0.25, -0.2) is 4.79 Å². The summed E-state index contributed by atoms with van der Waals surface area (Å²) in [5.74, 6) is -0.965. The highest BCUT2D eigenvalue weighted by atomic mass is 16.5. The molecule has 5 nitrogen and oxygen atoms in total. The molecule has 0 aliphatic rings. The summed E-state index contributed by atoms with van der Waals surface area (Å²) in [6.07, 6.45) is 0.911. The fourth-order valence-corrected chi connectivity index (χ4v) is 0.760. The molecule has 0 saturated carbocycles. The maximum absolute atomic E-state index is 10.0. The van der Waals surface area contributed by atoms with Gasteiger partial charge in [0.2, 0.25) is 0 Å². The summed E-state index contributed by atoms with van der Waals surface area (Å²) < 4.78 is 9.90. The first kappa shape index (κ1) is 13.4. The molecule has 5 heteroatoms. The van der Waals surface area contributed by atoms with Crippen LogP contribution in [0.25, 0.3) is 0 Å². The molecule has 0 spiro atoms. The van der Waals surface area contributed by atoms with E-state index in [0.717, 1.165) is 0 Å². The van der Waals surface area contributed by atoms with E-state index >= 15 is 0 Å². The Morgan fingerprint density at radius 1 is 1.36 bits per heavy atom. The molecular formula is C9H18O5. The van der Waals surface area contributed by atoms with Gasteiger partial charge in [0.05, 0.1) is 12.7 Å². The molecule has 0 aromatic rings. The number of aliphatic carboxylic acids is 1. The van der Waals surface area contributed by atoms with E-state index in [9.17, 15) is 4.79 Å². The van der Waals surface area contributed by atoms with E-state index in [1.807, 2.05) is 6.92 Å². The molecule has 0 aliphatic heterocycles. The van der Waals surface area contributed by atoms with Crippen molar-refractivity contribution in [2.24, 2.45) is 0 Å². The minimum absolute atomic E-state index is 0.266. The van der Waals surface area contributed by atoms with Crippen LogP contribution in [0.5, 0.6) is 0 Å². The monoisotopic (exact) mass is 206 g/mol. The summed E-state index contributed by atoms with van der Waals surface area (Å²) in [6, 6.07) is 0. The number of ether oxygens (including phenoxy) is 2. The van der Waals surface area contributed by atoms with Gasteiger partial charge in [0, 0.05) is 13.2 Å². The van der Waals surface area contributed by atoms with Crippen LogP contribution in [0.15, 0.2) is 0 Å². The number of rotatable bonds is 9. The maximum Gasteiger partial charge on any atom is 0.329 e. The van der Waals surface area contributed by atoms with E-state index in [-0.39, 0.29) is 6.61 Å². The van der Waals surface area contributed by atoms with Gasteiger partial charge in [0.1, 0.15) is 6.61 Å². The zero-order valence-electron chi connectivity index (χ0n) is 8.44. The molecule has 2 N–H and O–H groups in total. The van der Waals surface area contributed by atoms with Gasteiger partial charge in [-0.2, -0.15) is 0 Å². The molecule has 14 heavy (non-hydrogen) atoms. The van der Waals surface area contributed by atoms with Crippen molar-refractivity contribution in [1.82, 2.24) is 0 Å². The Morgan fingerprint density at radius 3 is 2.57 bits per heavy atom. The summed E-state index contributed by atoms with van der Waals surface area (Å²) >= 11 is 0. The van der Waals surface area contributed by atoms with Crippen molar-refractivity contribution < 1.29 is 24.5 Å². The lowest BCUT2D eigenvalue weighted by Crippen LogP contribution is -2.15. The Kier molecular flexibility index (Phi) is 8.51. The first-order valence-corrected chi connectivity index (χ1v) is 4.72. The third kappa shape index (κ3) is 9.44. The summed E-state index contributed by atoms with van der Waals surface area (Å²) in [5, 5.41) is 17.3. The van der Waals surface area contributed by atoms with Crippen LogP contribution in [0.3, 0.4) is 0 Å². The summed E-state index contributed by atoms with van der Waals surface area (Å²) in [7, 11) is 0. The smallest absolute Gasteiger partial charge is 0.329 e. The lowest BCUT2D eigenvalue weighted by Gasteiger charge is -2.08. The Balaban J connectivity index is 3.02. The molecule has 1 atom stereocenters. The van der Waals surface area contributed by atoms with Crippen molar-refractivity contribution in [2.75, 3.05) is 26.4 Å². The van der Waals surface area contributed by atoms with Crippen molar-refractivity contribution in [1.29, 1.82) is 0 Å². The van der Waals surface area contributed by atoms with E-state index in [1.54, 1.807) is 0 Å². The van der Waals surface area contributed by atoms with Gasteiger partial charge in [-0.15, -0.1) is 0 Å². The van der Waals surface area contributed by atoms with Gasteiger partial charge in [-0.1, -0.05) is 6.92 Å². The van der Waals surface area contributed by atoms with E-state index in [2.05, 4.69) is 0 Å². The summed E-state index contributed by atoms with van der Waals surface area (Å²) in [5.41, 5.74) is 0. The highest BCUT2D eigenvalue weighted by molar-refractivity contribution is 5.67. The Bertz CT molecular complexity index is 148. The number of carboxylic acid groups (broad SMARTS) is 1. The predicted molar refractivity (Wildman–Crippen MR) is 50.2 cm³/mol. The average Bonchev–Trinajstić information content (AvgIpc) is 2.15. The molecular weight excluding hydrogens is 188 g/mol. The molecule has 0 aliphatic carbocycles.